The molecule has 0 bridgehead atoms. The molecule has 1 aromatic carbocycles. The molecular weight excluding hydrogens is 393 g/mol. The number of aryl methyl sites for hydroxylation is 1. The van der Waals surface area contributed by atoms with Gasteiger partial charge in [-0.25, -0.2) is 9.37 Å². The molecule has 5 nitrogen and oxygen atoms in total. The number of aromatic nitrogens is 1. The van der Waals surface area contributed by atoms with Crippen molar-refractivity contribution in [2.45, 2.75) is 39.5 Å². The molecule has 0 fully saturated rings. The largest absolute Gasteiger partial charge is 0.362 e. The number of nitrogens with zero attached hydrogens (tertiary/aromatic N) is 1. The normalized spacial score (nSPS) is 22.6. The van der Waals surface area contributed by atoms with Gasteiger partial charge in [0.1, 0.15) is 11.6 Å². The second-order valence-corrected chi connectivity index (χ2v) is 9.15. The van der Waals surface area contributed by atoms with E-state index >= 15 is 0 Å². The Hall–Kier alpha value is -3.28. The van der Waals surface area contributed by atoms with Crippen molar-refractivity contribution < 1.29 is 14.0 Å². The summed E-state index contributed by atoms with van der Waals surface area (Å²) in [6, 6.07) is 9.66. The van der Waals surface area contributed by atoms with E-state index in [1.165, 1.54) is 12.1 Å². The molecule has 2 unspecified atom stereocenters. The number of allylic oxidation sites excluding steroid dienone is 2. The van der Waals surface area contributed by atoms with Crippen LogP contribution in [0.5, 0.6) is 0 Å². The first-order valence-electron chi connectivity index (χ1n) is 10.4. The van der Waals surface area contributed by atoms with Crippen molar-refractivity contribution in [1.82, 2.24) is 10.3 Å². The van der Waals surface area contributed by atoms with Gasteiger partial charge in [-0.15, -0.1) is 0 Å². The summed E-state index contributed by atoms with van der Waals surface area (Å²) in [7, 11) is 0. The lowest BCUT2D eigenvalue weighted by molar-refractivity contribution is -0.120. The van der Waals surface area contributed by atoms with Gasteiger partial charge in [-0.05, 0) is 48.1 Å². The Bertz CT molecular complexity index is 1100. The highest BCUT2D eigenvalue weighted by Gasteiger charge is 2.46. The van der Waals surface area contributed by atoms with Gasteiger partial charge >= 0.3 is 0 Å². The van der Waals surface area contributed by atoms with Gasteiger partial charge in [-0.1, -0.05) is 38.6 Å². The highest BCUT2D eigenvalue weighted by molar-refractivity contribution is 6.03. The highest BCUT2D eigenvalue weighted by Crippen LogP contribution is 2.48. The standard InChI is InChI=1S/C25H26FN3O2/c1-14-6-5-11-27-23(14)29-24(31)20-15(2)28-18-12-25(3,4)13-19(30)22(18)21(20)16-7-9-17(26)10-8-16/h5-11,20-21,28H,2,12-13H2,1,3-4H3,(H,27,29,31). The maximum absolute atomic E-state index is 13.6. The zero-order valence-corrected chi connectivity index (χ0v) is 18.0. The molecule has 1 aliphatic heterocycles. The molecule has 4 rings (SSSR count). The summed E-state index contributed by atoms with van der Waals surface area (Å²) in [5, 5.41) is 6.15. The van der Waals surface area contributed by atoms with Crippen LogP contribution in [0.2, 0.25) is 0 Å². The number of halogens is 1. The minimum absolute atomic E-state index is 0.00684. The van der Waals surface area contributed by atoms with E-state index in [0.717, 1.165) is 11.3 Å². The summed E-state index contributed by atoms with van der Waals surface area (Å²) < 4.78 is 13.6. The smallest absolute Gasteiger partial charge is 0.235 e. The van der Waals surface area contributed by atoms with E-state index in [1.807, 2.05) is 13.0 Å². The van der Waals surface area contributed by atoms with E-state index in [1.54, 1.807) is 24.4 Å². The lowest BCUT2D eigenvalue weighted by Crippen LogP contribution is -2.44. The molecule has 0 saturated carbocycles. The van der Waals surface area contributed by atoms with E-state index in [2.05, 4.69) is 36.0 Å². The second-order valence-electron chi connectivity index (χ2n) is 9.15. The SMILES string of the molecule is C=C1NC2=C(C(=O)CC(C)(C)C2)C(c2ccc(F)cc2)C1C(=O)Nc1ncccc1C. The molecule has 31 heavy (non-hydrogen) atoms. The fourth-order valence-electron chi connectivity index (χ4n) is 4.60. The van der Waals surface area contributed by atoms with E-state index in [9.17, 15) is 14.0 Å². The summed E-state index contributed by atoms with van der Waals surface area (Å²) in [6.45, 7) is 10.1. The molecule has 0 radical (unpaired) electrons. The lowest BCUT2D eigenvalue weighted by atomic mass is 9.66. The Morgan fingerprint density at radius 2 is 1.94 bits per heavy atom. The average Bonchev–Trinajstić information content (AvgIpc) is 2.68. The van der Waals surface area contributed by atoms with Crippen molar-refractivity contribution in [2.24, 2.45) is 11.3 Å². The molecule has 0 spiro atoms. The van der Waals surface area contributed by atoms with Gasteiger partial charge in [0, 0.05) is 35.5 Å². The van der Waals surface area contributed by atoms with Crippen LogP contribution in [-0.4, -0.2) is 16.7 Å². The van der Waals surface area contributed by atoms with Crippen LogP contribution in [0, 0.1) is 24.1 Å². The minimum Gasteiger partial charge on any atom is -0.362 e. The Balaban J connectivity index is 1.80. The van der Waals surface area contributed by atoms with Gasteiger partial charge in [0.15, 0.2) is 5.78 Å². The summed E-state index contributed by atoms with van der Waals surface area (Å²) in [4.78, 5) is 30.9. The predicted octanol–water partition coefficient (Wildman–Crippen LogP) is 4.63. The van der Waals surface area contributed by atoms with Gasteiger partial charge in [0.2, 0.25) is 5.91 Å². The number of ketones is 1. The van der Waals surface area contributed by atoms with Gasteiger partial charge in [-0.2, -0.15) is 0 Å². The van der Waals surface area contributed by atoms with Crippen LogP contribution in [0.15, 0.2) is 66.1 Å². The van der Waals surface area contributed by atoms with Crippen LogP contribution in [0.4, 0.5) is 10.2 Å². The Morgan fingerprint density at radius 1 is 1.23 bits per heavy atom. The van der Waals surface area contributed by atoms with Crippen molar-refractivity contribution in [2.75, 3.05) is 5.32 Å². The molecule has 1 aliphatic carbocycles. The third-order valence-electron chi connectivity index (χ3n) is 6.01. The number of pyridine rings is 1. The first-order chi connectivity index (χ1) is 14.7. The third-order valence-corrected chi connectivity index (χ3v) is 6.01. The summed E-state index contributed by atoms with van der Waals surface area (Å²) in [5.41, 5.74) is 3.28. The molecule has 2 N–H and O–H groups in total. The van der Waals surface area contributed by atoms with Crippen LogP contribution in [0.25, 0.3) is 0 Å². The van der Waals surface area contributed by atoms with Crippen LogP contribution in [-0.2, 0) is 9.59 Å². The molecule has 2 aliphatic rings. The number of hydrogen-bond donors (Lipinski definition) is 2. The van der Waals surface area contributed by atoms with Crippen molar-refractivity contribution in [1.29, 1.82) is 0 Å². The zero-order valence-electron chi connectivity index (χ0n) is 18.0. The summed E-state index contributed by atoms with van der Waals surface area (Å²) in [6.07, 6.45) is 2.69. The quantitative estimate of drug-likeness (QED) is 0.761. The van der Waals surface area contributed by atoms with Crippen molar-refractivity contribution >= 4 is 17.5 Å². The molecule has 160 valence electrons. The number of benzene rings is 1. The Kier molecular flexibility index (Phi) is 5.25. The first-order valence-corrected chi connectivity index (χ1v) is 10.4. The second kappa shape index (κ2) is 7.76. The number of nitrogens with one attached hydrogen (secondary N) is 2. The average molecular weight is 420 g/mol. The van der Waals surface area contributed by atoms with E-state index in [-0.39, 0.29) is 22.9 Å². The topological polar surface area (TPSA) is 71.1 Å². The highest BCUT2D eigenvalue weighted by atomic mass is 19.1. The number of carbonyl (C=O) groups is 2. The molecular formula is C25H26FN3O2. The number of anilines is 1. The summed E-state index contributed by atoms with van der Waals surface area (Å²) >= 11 is 0. The van der Waals surface area contributed by atoms with Crippen molar-refractivity contribution in [3.63, 3.8) is 0 Å². The number of amides is 1. The van der Waals surface area contributed by atoms with E-state index in [0.29, 0.717) is 35.5 Å². The summed E-state index contributed by atoms with van der Waals surface area (Å²) in [5.74, 6) is -1.49. The molecule has 1 amide bonds. The third kappa shape index (κ3) is 4.02. The van der Waals surface area contributed by atoms with Crippen LogP contribution < -0.4 is 10.6 Å². The first kappa shape index (κ1) is 21.0. The van der Waals surface area contributed by atoms with Crippen LogP contribution >= 0.6 is 0 Å². The molecule has 0 saturated heterocycles. The Morgan fingerprint density at radius 3 is 2.61 bits per heavy atom. The molecule has 2 heterocycles. The zero-order chi connectivity index (χ0) is 22.3. The fraction of sp³-hybridized carbons (Fsp3) is 0.320. The predicted molar refractivity (Wildman–Crippen MR) is 118 cm³/mol. The van der Waals surface area contributed by atoms with E-state index < -0.39 is 11.8 Å². The number of hydrogen-bond acceptors (Lipinski definition) is 4. The molecule has 2 aromatic rings. The monoisotopic (exact) mass is 419 g/mol. The van der Waals surface area contributed by atoms with Gasteiger partial charge < -0.3 is 10.6 Å². The van der Waals surface area contributed by atoms with Crippen molar-refractivity contribution in [3.05, 3.63) is 83.1 Å². The maximum atomic E-state index is 13.6. The lowest BCUT2D eigenvalue weighted by Gasteiger charge is -2.42. The fourth-order valence-corrected chi connectivity index (χ4v) is 4.60. The van der Waals surface area contributed by atoms with Crippen LogP contribution in [0.1, 0.15) is 43.7 Å². The maximum Gasteiger partial charge on any atom is 0.235 e. The number of rotatable bonds is 3. The Labute approximate surface area is 181 Å². The van der Waals surface area contributed by atoms with Gasteiger partial charge in [0.25, 0.3) is 0 Å². The van der Waals surface area contributed by atoms with Gasteiger partial charge in [-0.3, -0.25) is 9.59 Å². The van der Waals surface area contributed by atoms with Crippen molar-refractivity contribution in [3.8, 4) is 0 Å². The molecule has 2 atom stereocenters. The number of carbonyl (C=O) groups excluding carboxylic acids is 2. The van der Waals surface area contributed by atoms with Crippen LogP contribution in [0.3, 0.4) is 0 Å². The van der Waals surface area contributed by atoms with Gasteiger partial charge in [0.05, 0.1) is 5.92 Å². The number of Topliss-reactive ketones (excluding diaryl/α,β-unsaturated/α-hetero) is 1. The van der Waals surface area contributed by atoms with E-state index in [4.69, 9.17) is 0 Å². The minimum atomic E-state index is -0.740. The molecule has 6 heteroatoms. The molecule has 1 aromatic heterocycles.